The minimum absolute atomic E-state index is 0.0674. The van der Waals surface area contributed by atoms with Crippen molar-refractivity contribution >= 4 is 11.0 Å². The van der Waals surface area contributed by atoms with Crippen LogP contribution in [0, 0.1) is 6.92 Å². The van der Waals surface area contributed by atoms with E-state index < -0.39 is 17.6 Å². The van der Waals surface area contributed by atoms with Crippen molar-refractivity contribution in [2.75, 3.05) is 0 Å². The molecule has 0 spiro atoms. The van der Waals surface area contributed by atoms with E-state index in [4.69, 9.17) is 13.6 Å². The zero-order valence-electron chi connectivity index (χ0n) is 20.3. The highest BCUT2D eigenvalue weighted by Gasteiger charge is 2.36. The molecule has 0 saturated heterocycles. The maximum Gasteiger partial charge on any atom is 0.293 e. The predicted octanol–water partition coefficient (Wildman–Crippen LogP) is 4.74. The van der Waals surface area contributed by atoms with E-state index >= 15 is 0 Å². The summed E-state index contributed by atoms with van der Waals surface area (Å²) in [4.78, 5) is 17.3. The van der Waals surface area contributed by atoms with Gasteiger partial charge in [-0.25, -0.2) is 13.8 Å². The van der Waals surface area contributed by atoms with Crippen molar-refractivity contribution in [3.8, 4) is 28.7 Å². The Balaban J connectivity index is 1.67. The average Bonchev–Trinajstić information content (AvgIpc) is 3.44. The van der Waals surface area contributed by atoms with Crippen LogP contribution in [0.3, 0.4) is 0 Å². The number of aliphatic hydroxyl groups is 1. The van der Waals surface area contributed by atoms with E-state index in [0.29, 0.717) is 28.0 Å². The van der Waals surface area contributed by atoms with Crippen molar-refractivity contribution in [3.05, 3.63) is 46.3 Å². The van der Waals surface area contributed by atoms with Gasteiger partial charge in [-0.15, -0.1) is 10.2 Å². The number of hydrogen-bond donors (Lipinski definition) is 1. The first-order chi connectivity index (χ1) is 16.9. The molecule has 1 saturated carbocycles. The molecule has 36 heavy (non-hydrogen) atoms. The van der Waals surface area contributed by atoms with Gasteiger partial charge >= 0.3 is 0 Å². The summed E-state index contributed by atoms with van der Waals surface area (Å²) >= 11 is 0. The number of pyridine rings is 2. The zero-order valence-corrected chi connectivity index (χ0v) is 20.3. The van der Waals surface area contributed by atoms with Gasteiger partial charge in [-0.2, -0.15) is 0 Å². The second-order valence-electron chi connectivity index (χ2n) is 9.75. The molecule has 1 N–H and O–H groups in total. The van der Waals surface area contributed by atoms with Crippen LogP contribution in [0.1, 0.15) is 51.0 Å². The summed E-state index contributed by atoms with van der Waals surface area (Å²) in [7, 11) is 1.58. The summed E-state index contributed by atoms with van der Waals surface area (Å²) in [5.74, 6) is -1.78. The summed E-state index contributed by atoms with van der Waals surface area (Å²) in [6.07, 6.45) is 2.55. The van der Waals surface area contributed by atoms with E-state index in [1.165, 1.54) is 10.8 Å². The van der Waals surface area contributed by atoms with Crippen molar-refractivity contribution in [3.63, 3.8) is 0 Å². The molecule has 0 amide bonds. The molecule has 190 valence electrons. The first kappa shape index (κ1) is 24.1. The molecule has 9 nitrogen and oxygen atoms in total. The maximum atomic E-state index is 13.7. The molecule has 0 bridgehead atoms. The van der Waals surface area contributed by atoms with Crippen LogP contribution >= 0.6 is 0 Å². The molecule has 1 aliphatic rings. The monoisotopic (exact) mass is 500 g/mol. The van der Waals surface area contributed by atoms with Crippen LogP contribution in [0.5, 0.6) is 5.88 Å². The molecule has 4 aromatic rings. The Labute approximate surface area is 204 Å². The van der Waals surface area contributed by atoms with E-state index in [9.17, 15) is 18.7 Å². The fourth-order valence-electron chi connectivity index (χ4n) is 4.31. The third-order valence-corrected chi connectivity index (χ3v) is 6.39. The Morgan fingerprint density at radius 3 is 2.53 bits per heavy atom. The molecular weight excluding hydrogens is 474 g/mol. The zero-order chi connectivity index (χ0) is 25.8. The van der Waals surface area contributed by atoms with E-state index in [1.54, 1.807) is 46.1 Å². The first-order valence-corrected chi connectivity index (χ1v) is 11.6. The molecule has 0 radical (unpaired) electrons. The highest BCUT2D eigenvalue weighted by atomic mass is 19.3. The molecule has 11 heteroatoms. The van der Waals surface area contributed by atoms with Crippen LogP contribution in [-0.2, 0) is 12.6 Å². The summed E-state index contributed by atoms with van der Waals surface area (Å²) in [5, 5.41) is 18.9. The number of aryl methyl sites for hydroxylation is 2. The molecule has 0 unspecified atom stereocenters. The van der Waals surface area contributed by atoms with Gasteiger partial charge in [0.25, 0.3) is 11.4 Å². The number of aromatic nitrogens is 4. The fraction of sp³-hybridized carbons (Fsp3) is 0.440. The van der Waals surface area contributed by atoms with E-state index in [-0.39, 0.29) is 54.4 Å². The maximum absolute atomic E-state index is 13.7. The lowest BCUT2D eigenvalue weighted by atomic mass is 9.93. The van der Waals surface area contributed by atoms with Gasteiger partial charge in [-0.1, -0.05) is 0 Å². The van der Waals surface area contributed by atoms with Gasteiger partial charge in [0.15, 0.2) is 5.76 Å². The first-order valence-electron chi connectivity index (χ1n) is 11.6. The van der Waals surface area contributed by atoms with Gasteiger partial charge in [0.05, 0.1) is 5.60 Å². The molecule has 0 atom stereocenters. The van der Waals surface area contributed by atoms with Crippen molar-refractivity contribution in [2.45, 2.75) is 64.1 Å². The predicted molar refractivity (Wildman–Crippen MR) is 126 cm³/mol. The number of nitrogens with zero attached hydrogens (tertiary/aromatic N) is 4. The summed E-state index contributed by atoms with van der Waals surface area (Å²) in [6, 6.07) is 3.35. The van der Waals surface area contributed by atoms with Crippen molar-refractivity contribution < 1.29 is 27.5 Å². The van der Waals surface area contributed by atoms with E-state index in [2.05, 4.69) is 15.2 Å². The van der Waals surface area contributed by atoms with Gasteiger partial charge in [0.2, 0.25) is 23.3 Å². The topological polar surface area (TPSA) is 116 Å². The van der Waals surface area contributed by atoms with Crippen LogP contribution in [0.15, 0.2) is 38.2 Å². The lowest BCUT2D eigenvalue weighted by Crippen LogP contribution is -2.31. The van der Waals surface area contributed by atoms with Gasteiger partial charge in [-0.3, -0.25) is 4.79 Å². The molecule has 4 heterocycles. The standard InChI is InChI=1S/C25H26F2N4O5/c1-13-29-30-22(34-13)19-10-16-18(12-31(4)23(32)20(16)36-19)17-9-14(24(2,3)33)11-28-21(17)35-15-5-7-25(26,27)8-6-15/h9-12,15,33H,5-8H2,1-4H3. The average molecular weight is 501 g/mol. The number of furan rings is 1. The second-order valence-corrected chi connectivity index (χ2v) is 9.75. The number of halogens is 2. The summed E-state index contributed by atoms with van der Waals surface area (Å²) < 4.78 is 46.2. The number of rotatable bonds is 5. The SMILES string of the molecule is Cc1nnc(-c2cc3c(-c4cc(C(C)(C)O)cnc4OC4CCC(F)(F)CC4)cn(C)c(=O)c3o2)o1. The normalized spacial score (nSPS) is 16.5. The van der Waals surface area contributed by atoms with Gasteiger partial charge in [-0.05, 0) is 38.8 Å². The van der Waals surface area contributed by atoms with Crippen molar-refractivity contribution in [1.29, 1.82) is 0 Å². The minimum atomic E-state index is -2.69. The largest absolute Gasteiger partial charge is 0.474 e. The lowest BCUT2D eigenvalue weighted by Gasteiger charge is -2.29. The molecule has 5 rings (SSSR count). The summed E-state index contributed by atoms with van der Waals surface area (Å²) in [6.45, 7) is 4.89. The van der Waals surface area contributed by atoms with Gasteiger partial charge in [0.1, 0.15) is 6.10 Å². The third-order valence-electron chi connectivity index (χ3n) is 6.39. The van der Waals surface area contributed by atoms with Gasteiger partial charge < -0.3 is 23.2 Å². The Morgan fingerprint density at radius 2 is 1.89 bits per heavy atom. The van der Waals surface area contributed by atoms with Gasteiger partial charge in [0, 0.05) is 61.3 Å². The lowest BCUT2D eigenvalue weighted by molar-refractivity contribution is -0.0587. The van der Waals surface area contributed by atoms with E-state index in [1.807, 2.05) is 0 Å². The van der Waals surface area contributed by atoms with Crippen LogP contribution in [0.25, 0.3) is 33.7 Å². The molecule has 4 aromatic heterocycles. The number of ether oxygens (including phenoxy) is 1. The summed E-state index contributed by atoms with van der Waals surface area (Å²) in [5.41, 5.74) is 0.0288. The smallest absolute Gasteiger partial charge is 0.293 e. The van der Waals surface area contributed by atoms with Crippen LogP contribution in [0.4, 0.5) is 8.78 Å². The fourth-order valence-corrected chi connectivity index (χ4v) is 4.31. The number of fused-ring (bicyclic) bond motifs is 1. The second kappa shape index (κ2) is 8.51. The number of hydrogen-bond acceptors (Lipinski definition) is 8. The minimum Gasteiger partial charge on any atom is -0.474 e. The molecular formula is C25H26F2N4O5. The Morgan fingerprint density at radius 1 is 1.17 bits per heavy atom. The number of alkyl halides is 2. The highest BCUT2D eigenvalue weighted by Crippen LogP contribution is 2.40. The highest BCUT2D eigenvalue weighted by molar-refractivity contribution is 5.96. The van der Waals surface area contributed by atoms with Crippen molar-refractivity contribution in [2.24, 2.45) is 7.05 Å². The third kappa shape index (κ3) is 4.50. The van der Waals surface area contributed by atoms with Crippen LogP contribution in [-0.4, -0.2) is 36.9 Å². The molecule has 1 aliphatic carbocycles. The Bertz CT molecular complexity index is 1490. The van der Waals surface area contributed by atoms with Crippen LogP contribution in [0.2, 0.25) is 0 Å². The molecule has 1 fully saturated rings. The quantitative estimate of drug-likeness (QED) is 0.418. The molecule has 0 aliphatic heterocycles. The Kier molecular flexibility index (Phi) is 5.70. The van der Waals surface area contributed by atoms with Crippen molar-refractivity contribution in [1.82, 2.24) is 19.7 Å². The van der Waals surface area contributed by atoms with E-state index in [0.717, 1.165) is 0 Å². The Hall–Kier alpha value is -3.60. The molecule has 0 aromatic carbocycles. The van der Waals surface area contributed by atoms with Crippen LogP contribution < -0.4 is 10.3 Å².